The Morgan fingerprint density at radius 2 is 2.03 bits per heavy atom. The van der Waals surface area contributed by atoms with Crippen molar-refractivity contribution >= 4 is 33.1 Å². The van der Waals surface area contributed by atoms with Gasteiger partial charge in [-0.25, -0.2) is 22.9 Å². The zero-order chi connectivity index (χ0) is 23.9. The zero-order valence-corrected chi connectivity index (χ0v) is 20.2. The number of nitrogens with one attached hydrogen (secondary N) is 2. The van der Waals surface area contributed by atoms with Crippen LogP contribution >= 0.6 is 11.3 Å². The van der Waals surface area contributed by atoms with Crippen LogP contribution in [0, 0.1) is 11.3 Å². The first-order valence-corrected chi connectivity index (χ1v) is 13.3. The van der Waals surface area contributed by atoms with Gasteiger partial charge < -0.3 is 10.2 Å². The molecule has 1 aliphatic heterocycles. The van der Waals surface area contributed by atoms with Crippen molar-refractivity contribution in [3.05, 3.63) is 63.8 Å². The Morgan fingerprint density at radius 1 is 1.18 bits per heavy atom. The monoisotopic (exact) mass is 493 g/mol. The van der Waals surface area contributed by atoms with Crippen molar-refractivity contribution in [3.63, 3.8) is 0 Å². The van der Waals surface area contributed by atoms with Crippen molar-refractivity contribution in [1.29, 1.82) is 5.26 Å². The van der Waals surface area contributed by atoms with Gasteiger partial charge >= 0.3 is 6.03 Å². The third kappa shape index (κ3) is 4.30. The number of benzene rings is 1. The van der Waals surface area contributed by atoms with Crippen LogP contribution in [0.15, 0.2) is 40.7 Å². The van der Waals surface area contributed by atoms with E-state index in [0.717, 1.165) is 64.9 Å². The number of amides is 2. The van der Waals surface area contributed by atoms with E-state index in [4.69, 9.17) is 0 Å². The molecule has 0 fully saturated rings. The van der Waals surface area contributed by atoms with E-state index < -0.39 is 16.1 Å². The highest BCUT2D eigenvalue weighted by atomic mass is 32.2. The normalized spacial score (nSPS) is 15.3. The molecule has 2 amide bonds. The van der Waals surface area contributed by atoms with Crippen LogP contribution < -0.4 is 10.0 Å². The van der Waals surface area contributed by atoms with Crippen molar-refractivity contribution in [2.45, 2.75) is 36.4 Å². The molecule has 2 aliphatic rings. The molecule has 1 aromatic carbocycles. The molecule has 10 heteroatoms. The first-order valence-electron chi connectivity index (χ1n) is 11.0. The molecule has 0 bridgehead atoms. The molecule has 8 nitrogen and oxygen atoms in total. The SMILES string of the molecule is CN1CCc2sc(S(=O)(=O)NC(=O)Nc3c(-c4ccnc(C#N)c4)ccc4c3CCC4)cc2C1. The molecule has 0 radical (unpaired) electrons. The van der Waals surface area contributed by atoms with Gasteiger partial charge in [-0.15, -0.1) is 11.3 Å². The predicted molar refractivity (Wildman–Crippen MR) is 130 cm³/mol. The average Bonchev–Trinajstić information content (AvgIpc) is 3.46. The summed E-state index contributed by atoms with van der Waals surface area (Å²) >= 11 is 1.22. The Hall–Kier alpha value is -3.26. The Morgan fingerprint density at radius 3 is 2.85 bits per heavy atom. The van der Waals surface area contributed by atoms with Crippen LogP contribution in [-0.4, -0.2) is 37.9 Å². The lowest BCUT2D eigenvalue weighted by molar-refractivity contribution is 0.256. The van der Waals surface area contributed by atoms with Crippen LogP contribution in [0.2, 0.25) is 0 Å². The summed E-state index contributed by atoms with van der Waals surface area (Å²) in [5.41, 5.74) is 5.42. The fraction of sp³-hybridized carbons (Fsp3) is 0.292. The van der Waals surface area contributed by atoms with E-state index in [1.54, 1.807) is 24.4 Å². The average molecular weight is 494 g/mol. The van der Waals surface area contributed by atoms with Crippen molar-refractivity contribution in [3.8, 4) is 17.2 Å². The second kappa shape index (κ2) is 8.83. The fourth-order valence-corrected chi connectivity index (χ4v) is 7.05. The lowest BCUT2D eigenvalue weighted by Gasteiger charge is -2.21. The number of aromatic nitrogens is 1. The molecule has 3 aromatic rings. The largest absolute Gasteiger partial charge is 0.333 e. The van der Waals surface area contributed by atoms with Crippen LogP contribution in [0.1, 0.15) is 33.7 Å². The number of hydrogen-bond acceptors (Lipinski definition) is 7. The highest BCUT2D eigenvalue weighted by Crippen LogP contribution is 2.38. The van der Waals surface area contributed by atoms with Crippen molar-refractivity contribution in [2.75, 3.05) is 18.9 Å². The number of nitriles is 1. The quantitative estimate of drug-likeness (QED) is 0.573. The molecule has 0 saturated heterocycles. The summed E-state index contributed by atoms with van der Waals surface area (Å²) in [4.78, 5) is 20.1. The molecule has 34 heavy (non-hydrogen) atoms. The second-order valence-corrected chi connectivity index (χ2v) is 11.6. The van der Waals surface area contributed by atoms with E-state index in [1.807, 2.05) is 25.2 Å². The maximum absolute atomic E-state index is 13.0. The molecule has 3 heterocycles. The summed E-state index contributed by atoms with van der Waals surface area (Å²) in [7, 11) is -2.01. The number of anilines is 1. The molecule has 0 unspecified atom stereocenters. The highest BCUT2D eigenvalue weighted by Gasteiger charge is 2.26. The number of fused-ring (bicyclic) bond motifs is 2. The van der Waals surface area contributed by atoms with E-state index in [-0.39, 0.29) is 9.90 Å². The van der Waals surface area contributed by atoms with Gasteiger partial charge in [-0.3, -0.25) is 0 Å². The Labute approximate surface area is 202 Å². The summed E-state index contributed by atoms with van der Waals surface area (Å²) in [6.45, 7) is 1.58. The molecule has 0 atom stereocenters. The van der Waals surface area contributed by atoms with Crippen LogP contribution in [0.25, 0.3) is 11.1 Å². The van der Waals surface area contributed by atoms with Crippen LogP contribution in [0.5, 0.6) is 0 Å². The fourth-order valence-electron chi connectivity index (χ4n) is 4.60. The van der Waals surface area contributed by atoms with Crippen molar-refractivity contribution < 1.29 is 13.2 Å². The number of pyridine rings is 1. The molecule has 1 aliphatic carbocycles. The molecule has 0 spiro atoms. The van der Waals surface area contributed by atoms with Crippen LogP contribution in [0.4, 0.5) is 10.5 Å². The van der Waals surface area contributed by atoms with Gasteiger partial charge in [-0.05, 0) is 73.2 Å². The summed E-state index contributed by atoms with van der Waals surface area (Å²) < 4.78 is 28.3. The minimum Gasteiger partial charge on any atom is -0.306 e. The number of urea groups is 1. The molecular formula is C24H23N5O3S2. The van der Waals surface area contributed by atoms with Crippen LogP contribution in [-0.2, 0) is 35.8 Å². The lowest BCUT2D eigenvalue weighted by Crippen LogP contribution is -2.34. The van der Waals surface area contributed by atoms with Gasteiger partial charge in [0, 0.05) is 29.7 Å². The van der Waals surface area contributed by atoms with Gasteiger partial charge in [0.25, 0.3) is 10.0 Å². The maximum atomic E-state index is 13.0. The number of likely N-dealkylation sites (N-methyl/N-ethyl adjacent to an activating group) is 1. The van der Waals surface area contributed by atoms with Gasteiger partial charge in [0.1, 0.15) is 16.0 Å². The van der Waals surface area contributed by atoms with E-state index in [1.165, 1.54) is 11.3 Å². The molecule has 2 N–H and O–H groups in total. The molecular weight excluding hydrogens is 470 g/mol. The summed E-state index contributed by atoms with van der Waals surface area (Å²) in [6, 6.07) is 10.2. The smallest absolute Gasteiger partial charge is 0.306 e. The number of carbonyl (C=O) groups excluding carboxylic acids is 1. The third-order valence-electron chi connectivity index (χ3n) is 6.23. The Kier molecular flexibility index (Phi) is 5.85. The molecule has 5 rings (SSSR count). The number of sulfonamides is 1. The summed E-state index contributed by atoms with van der Waals surface area (Å²) in [6.07, 6.45) is 4.99. The van der Waals surface area contributed by atoms with E-state index in [2.05, 4.69) is 19.9 Å². The lowest BCUT2D eigenvalue weighted by atomic mass is 9.97. The minimum absolute atomic E-state index is 0.147. The number of rotatable bonds is 4. The van der Waals surface area contributed by atoms with Crippen LogP contribution in [0.3, 0.4) is 0 Å². The van der Waals surface area contributed by atoms with E-state index >= 15 is 0 Å². The van der Waals surface area contributed by atoms with Gasteiger partial charge in [0.15, 0.2) is 0 Å². The van der Waals surface area contributed by atoms with Gasteiger partial charge in [-0.2, -0.15) is 5.26 Å². The van der Waals surface area contributed by atoms with E-state index in [0.29, 0.717) is 12.2 Å². The number of thiophene rings is 1. The summed E-state index contributed by atoms with van der Waals surface area (Å²) in [5.74, 6) is 0. The molecule has 2 aromatic heterocycles. The Balaban J connectivity index is 1.44. The first-order chi connectivity index (χ1) is 16.3. The van der Waals surface area contributed by atoms with Gasteiger partial charge in [0.2, 0.25) is 0 Å². The number of nitrogens with zero attached hydrogens (tertiary/aromatic N) is 3. The van der Waals surface area contributed by atoms with Gasteiger partial charge in [0.05, 0.1) is 5.69 Å². The second-order valence-electron chi connectivity index (χ2n) is 8.58. The third-order valence-corrected chi connectivity index (χ3v) is 9.28. The number of carbonyl (C=O) groups is 1. The topological polar surface area (TPSA) is 115 Å². The highest BCUT2D eigenvalue weighted by molar-refractivity contribution is 7.92. The van der Waals surface area contributed by atoms with E-state index in [9.17, 15) is 18.5 Å². The number of hydrogen-bond donors (Lipinski definition) is 2. The minimum atomic E-state index is -4.01. The molecule has 0 saturated carbocycles. The number of aryl methyl sites for hydroxylation is 1. The van der Waals surface area contributed by atoms with Crippen molar-refractivity contribution in [1.82, 2.24) is 14.6 Å². The summed E-state index contributed by atoms with van der Waals surface area (Å²) in [5, 5.41) is 12.0. The predicted octanol–water partition coefficient (Wildman–Crippen LogP) is 3.67. The Bertz CT molecular complexity index is 1440. The molecule has 174 valence electrons. The van der Waals surface area contributed by atoms with Crippen molar-refractivity contribution in [2.24, 2.45) is 0 Å². The zero-order valence-electron chi connectivity index (χ0n) is 18.6. The van der Waals surface area contributed by atoms with Gasteiger partial charge in [-0.1, -0.05) is 12.1 Å². The first kappa shape index (κ1) is 22.5. The standard InChI is InChI=1S/C24H23N5O3S2/c1-29-10-8-21-17(14-29)12-22(33-21)34(31,32)28-24(30)27-23-19-4-2-3-15(19)5-6-20(23)16-7-9-26-18(11-16)13-25/h5-7,9,11-12H,2-4,8,10,14H2,1H3,(H2,27,28,30). The maximum Gasteiger partial charge on any atom is 0.333 e.